The van der Waals surface area contributed by atoms with Crippen LogP contribution in [0.4, 0.5) is 0 Å². The summed E-state index contributed by atoms with van der Waals surface area (Å²) in [6, 6.07) is 18.6. The van der Waals surface area contributed by atoms with Crippen LogP contribution in [0.1, 0.15) is 63.0 Å². The van der Waals surface area contributed by atoms with Gasteiger partial charge in [-0.15, -0.1) is 0 Å². The van der Waals surface area contributed by atoms with E-state index in [-0.39, 0.29) is 16.6 Å². The number of hydrogen-bond donors (Lipinski definition) is 0. The van der Waals surface area contributed by atoms with Crippen LogP contribution in [0.3, 0.4) is 0 Å². The summed E-state index contributed by atoms with van der Waals surface area (Å²) >= 11 is 2.32. The Bertz CT molecular complexity index is 1170. The number of halogens is 1. The SMILES string of the molecule is CC(C)(C)C1=Cc2cc(C(C)(C)C)[c]c3cc(-c4ccc(I)cc4)cc(c23)C1=O. The minimum Gasteiger partial charge on any atom is -0.289 e. The van der Waals surface area contributed by atoms with Gasteiger partial charge < -0.3 is 0 Å². The van der Waals surface area contributed by atoms with Gasteiger partial charge in [0.1, 0.15) is 0 Å². The summed E-state index contributed by atoms with van der Waals surface area (Å²) < 4.78 is 1.20. The Hall–Kier alpha value is -1.94. The Labute approximate surface area is 187 Å². The molecule has 0 aliphatic heterocycles. The van der Waals surface area contributed by atoms with Gasteiger partial charge in [0.25, 0.3) is 0 Å². The van der Waals surface area contributed by atoms with Crippen LogP contribution >= 0.6 is 22.6 Å². The highest BCUT2D eigenvalue weighted by Gasteiger charge is 2.31. The Morgan fingerprint density at radius 3 is 2.07 bits per heavy atom. The Balaban J connectivity index is 2.07. The molecule has 0 fully saturated rings. The van der Waals surface area contributed by atoms with Gasteiger partial charge in [0.2, 0.25) is 0 Å². The lowest BCUT2D eigenvalue weighted by molar-refractivity contribution is 0.101. The number of benzene rings is 3. The van der Waals surface area contributed by atoms with Crippen molar-refractivity contribution in [2.75, 3.05) is 0 Å². The molecule has 0 heterocycles. The summed E-state index contributed by atoms with van der Waals surface area (Å²) in [6.45, 7) is 13.0. The fourth-order valence-electron chi connectivity index (χ4n) is 3.89. The molecule has 1 nitrogen and oxygen atoms in total. The standard InChI is InChI=1S/C27H26IO/c1-26(2,3)20-12-18-11-17(16-7-9-21(28)10-8-16)14-22-24(18)19(13-20)15-23(25(22)29)27(4,5)6/h7-11,13-15H,1-6H3. The fraction of sp³-hybridized carbons (Fsp3) is 0.296. The van der Waals surface area contributed by atoms with Gasteiger partial charge in [0.15, 0.2) is 5.78 Å². The molecule has 0 saturated heterocycles. The van der Waals surface area contributed by atoms with Crippen molar-refractivity contribution in [3.05, 3.63) is 74.4 Å². The number of carbonyl (C=O) groups is 1. The van der Waals surface area contributed by atoms with Crippen LogP contribution in [0.5, 0.6) is 0 Å². The monoisotopic (exact) mass is 493 g/mol. The second-order valence-electron chi connectivity index (χ2n) is 9.98. The third-order valence-corrected chi connectivity index (χ3v) is 6.30. The number of Topliss-reactive ketones (excluding diaryl/α,β-unsaturated/α-hetero) is 1. The molecule has 4 rings (SSSR count). The van der Waals surface area contributed by atoms with E-state index in [1.807, 2.05) is 0 Å². The molecule has 0 bridgehead atoms. The highest BCUT2D eigenvalue weighted by atomic mass is 127. The van der Waals surface area contributed by atoms with Crippen LogP contribution in [-0.2, 0) is 5.41 Å². The van der Waals surface area contributed by atoms with Crippen LogP contribution in [0.2, 0.25) is 0 Å². The quantitative estimate of drug-likeness (QED) is 0.316. The molecule has 0 atom stereocenters. The van der Waals surface area contributed by atoms with Crippen molar-refractivity contribution < 1.29 is 4.79 Å². The molecular weight excluding hydrogens is 467 g/mol. The van der Waals surface area contributed by atoms with Crippen molar-refractivity contribution in [2.45, 2.75) is 47.0 Å². The van der Waals surface area contributed by atoms with Crippen molar-refractivity contribution in [3.8, 4) is 11.1 Å². The maximum atomic E-state index is 13.5. The third-order valence-electron chi connectivity index (χ3n) is 5.58. The first-order chi connectivity index (χ1) is 13.4. The van der Waals surface area contributed by atoms with E-state index in [1.54, 1.807) is 0 Å². The minimum absolute atomic E-state index is 0.0130. The van der Waals surface area contributed by atoms with E-state index in [9.17, 15) is 4.79 Å². The lowest BCUT2D eigenvalue weighted by atomic mass is 9.74. The van der Waals surface area contributed by atoms with Crippen LogP contribution < -0.4 is 0 Å². The van der Waals surface area contributed by atoms with Crippen LogP contribution in [-0.4, -0.2) is 5.78 Å². The first-order valence-corrected chi connectivity index (χ1v) is 11.1. The molecule has 1 aliphatic carbocycles. The molecule has 3 aromatic carbocycles. The molecule has 0 aromatic heterocycles. The molecule has 2 heteroatoms. The lowest BCUT2D eigenvalue weighted by Crippen LogP contribution is -2.21. The Morgan fingerprint density at radius 2 is 1.48 bits per heavy atom. The van der Waals surface area contributed by atoms with Gasteiger partial charge in [-0.3, -0.25) is 4.79 Å². The average molecular weight is 493 g/mol. The summed E-state index contributed by atoms with van der Waals surface area (Å²) in [5, 5.41) is 2.06. The molecule has 0 spiro atoms. The predicted molar refractivity (Wildman–Crippen MR) is 131 cm³/mol. The summed E-state index contributed by atoms with van der Waals surface area (Å²) in [5.41, 5.74) is 5.96. The second-order valence-corrected chi connectivity index (χ2v) is 11.2. The predicted octanol–water partition coefficient (Wildman–Crippen LogP) is 7.83. The largest absolute Gasteiger partial charge is 0.289 e. The van der Waals surface area contributed by atoms with Gasteiger partial charge in [0, 0.05) is 20.1 Å². The molecule has 0 N–H and O–H groups in total. The van der Waals surface area contributed by atoms with E-state index in [0.29, 0.717) is 0 Å². The Morgan fingerprint density at radius 1 is 0.828 bits per heavy atom. The van der Waals surface area contributed by atoms with E-state index in [2.05, 4.69) is 119 Å². The molecule has 3 aromatic rings. The third kappa shape index (κ3) is 3.68. The summed E-state index contributed by atoms with van der Waals surface area (Å²) in [5.74, 6) is 0.138. The van der Waals surface area contributed by atoms with Gasteiger partial charge in [-0.1, -0.05) is 53.7 Å². The first-order valence-electron chi connectivity index (χ1n) is 10.0. The van der Waals surface area contributed by atoms with E-state index >= 15 is 0 Å². The molecule has 0 saturated carbocycles. The number of carbonyl (C=O) groups excluding carboxylic acids is 1. The molecule has 147 valence electrons. The first kappa shape index (κ1) is 20.3. The number of allylic oxidation sites excluding steroid dienone is 1. The molecule has 0 unspecified atom stereocenters. The maximum Gasteiger partial charge on any atom is 0.190 e. The summed E-state index contributed by atoms with van der Waals surface area (Å²) in [6.07, 6.45) is 2.10. The molecule has 1 radical (unpaired) electrons. The molecule has 0 amide bonds. The smallest absolute Gasteiger partial charge is 0.190 e. The van der Waals surface area contributed by atoms with Crippen molar-refractivity contribution in [3.63, 3.8) is 0 Å². The second kappa shape index (κ2) is 6.80. The van der Waals surface area contributed by atoms with Crippen LogP contribution in [0, 0.1) is 15.1 Å². The highest BCUT2D eigenvalue weighted by Crippen LogP contribution is 2.41. The fourth-order valence-corrected chi connectivity index (χ4v) is 4.25. The normalized spacial score (nSPS) is 14.3. The van der Waals surface area contributed by atoms with Gasteiger partial charge >= 0.3 is 0 Å². The zero-order valence-corrected chi connectivity index (χ0v) is 20.1. The molecule has 1 aliphatic rings. The zero-order chi connectivity index (χ0) is 21.1. The summed E-state index contributed by atoms with van der Waals surface area (Å²) in [4.78, 5) is 13.5. The van der Waals surface area contributed by atoms with Gasteiger partial charge in [-0.2, -0.15) is 0 Å². The van der Waals surface area contributed by atoms with Crippen molar-refractivity contribution in [1.29, 1.82) is 0 Å². The van der Waals surface area contributed by atoms with Crippen molar-refractivity contribution >= 4 is 45.2 Å². The molecular formula is C27H26IO. The van der Waals surface area contributed by atoms with E-state index in [4.69, 9.17) is 0 Å². The lowest BCUT2D eigenvalue weighted by Gasteiger charge is -2.28. The summed E-state index contributed by atoms with van der Waals surface area (Å²) in [7, 11) is 0. The zero-order valence-electron chi connectivity index (χ0n) is 17.9. The maximum absolute atomic E-state index is 13.5. The van der Waals surface area contributed by atoms with Gasteiger partial charge in [0.05, 0.1) is 0 Å². The van der Waals surface area contributed by atoms with Crippen LogP contribution in [0.15, 0.2) is 48.0 Å². The van der Waals surface area contributed by atoms with Gasteiger partial charge in [-0.25, -0.2) is 0 Å². The highest BCUT2D eigenvalue weighted by molar-refractivity contribution is 14.1. The van der Waals surface area contributed by atoms with Crippen LogP contribution in [0.25, 0.3) is 28.0 Å². The minimum atomic E-state index is -0.207. The molecule has 29 heavy (non-hydrogen) atoms. The van der Waals surface area contributed by atoms with Gasteiger partial charge in [-0.05, 0) is 104 Å². The number of hydrogen-bond acceptors (Lipinski definition) is 1. The number of rotatable bonds is 1. The van der Waals surface area contributed by atoms with Crippen molar-refractivity contribution in [1.82, 2.24) is 0 Å². The average Bonchev–Trinajstić information content (AvgIpc) is 2.62. The number of ketones is 1. The van der Waals surface area contributed by atoms with Crippen molar-refractivity contribution in [2.24, 2.45) is 5.41 Å². The topological polar surface area (TPSA) is 17.1 Å². The van der Waals surface area contributed by atoms with E-state index in [1.165, 1.54) is 9.13 Å². The van der Waals surface area contributed by atoms with E-state index < -0.39 is 0 Å². The Kier molecular flexibility index (Phi) is 4.77. The van der Waals surface area contributed by atoms with E-state index in [0.717, 1.165) is 38.6 Å².